The van der Waals surface area contributed by atoms with Crippen LogP contribution in [-0.4, -0.2) is 38.6 Å². The van der Waals surface area contributed by atoms with Crippen LogP contribution >= 0.6 is 11.8 Å². The minimum atomic E-state index is -1.01. The quantitative estimate of drug-likeness (QED) is 0.883. The third-order valence-electron chi connectivity index (χ3n) is 3.41. The highest BCUT2D eigenvalue weighted by atomic mass is 32.2. The average molecular weight is 281 g/mol. The Bertz CT molecular complexity index is 459. The molecule has 1 aromatic rings. The van der Waals surface area contributed by atoms with Crippen LogP contribution in [0.3, 0.4) is 0 Å². The van der Waals surface area contributed by atoms with Crippen LogP contribution in [-0.2, 0) is 0 Å². The van der Waals surface area contributed by atoms with Gasteiger partial charge in [0.15, 0.2) is 5.69 Å². The molecule has 6 heteroatoms. The summed E-state index contributed by atoms with van der Waals surface area (Å²) in [5.41, 5.74) is 0.723. The molecule has 2 N–H and O–H groups in total. The molecule has 0 unspecified atom stereocenters. The summed E-state index contributed by atoms with van der Waals surface area (Å²) in [5, 5.41) is 13.0. The molecule has 1 aliphatic rings. The first-order chi connectivity index (χ1) is 9.08. The maximum Gasteiger partial charge on any atom is 0.354 e. The number of hydrogen-bond donors (Lipinski definition) is 2. The van der Waals surface area contributed by atoms with Crippen molar-refractivity contribution in [1.29, 1.82) is 0 Å². The molecule has 1 aliphatic carbocycles. The van der Waals surface area contributed by atoms with Gasteiger partial charge in [0.25, 0.3) is 0 Å². The fourth-order valence-corrected chi connectivity index (χ4v) is 3.11. The highest BCUT2D eigenvalue weighted by Gasteiger charge is 2.21. The monoisotopic (exact) mass is 281 g/mol. The lowest BCUT2D eigenvalue weighted by molar-refractivity contribution is 0.0690. The van der Waals surface area contributed by atoms with Gasteiger partial charge in [-0.25, -0.2) is 14.8 Å². The SMILES string of the molecule is CSC1CCC(Nc2nc(C)cc(C(=O)O)n2)CC1. The Kier molecular flexibility index (Phi) is 4.63. The topological polar surface area (TPSA) is 75.1 Å². The molecule has 104 valence electrons. The lowest BCUT2D eigenvalue weighted by Crippen LogP contribution is -2.28. The van der Waals surface area contributed by atoms with Crippen LogP contribution < -0.4 is 5.32 Å². The third kappa shape index (κ3) is 3.83. The van der Waals surface area contributed by atoms with Gasteiger partial charge in [-0.15, -0.1) is 0 Å². The van der Waals surface area contributed by atoms with Gasteiger partial charge in [-0.1, -0.05) is 0 Å². The number of anilines is 1. The molecule has 1 aromatic heterocycles. The van der Waals surface area contributed by atoms with E-state index in [0.29, 0.717) is 17.7 Å². The van der Waals surface area contributed by atoms with Crippen molar-refractivity contribution in [2.45, 2.75) is 43.9 Å². The number of aromatic carboxylic acids is 1. The van der Waals surface area contributed by atoms with Crippen molar-refractivity contribution < 1.29 is 9.90 Å². The van der Waals surface area contributed by atoms with Crippen LogP contribution in [0.5, 0.6) is 0 Å². The predicted molar refractivity (Wildman–Crippen MR) is 76.9 cm³/mol. The number of carboxylic acid groups (broad SMARTS) is 1. The molecule has 0 bridgehead atoms. The second-order valence-electron chi connectivity index (χ2n) is 4.88. The molecule has 2 rings (SSSR count). The number of aryl methyl sites for hydroxylation is 1. The van der Waals surface area contributed by atoms with E-state index >= 15 is 0 Å². The first-order valence-electron chi connectivity index (χ1n) is 6.47. The normalized spacial score (nSPS) is 23.1. The first kappa shape index (κ1) is 14.1. The Balaban J connectivity index is 2.01. The number of hydrogen-bond acceptors (Lipinski definition) is 5. The van der Waals surface area contributed by atoms with Gasteiger partial charge in [0, 0.05) is 17.0 Å². The van der Waals surface area contributed by atoms with E-state index in [1.807, 2.05) is 11.8 Å². The van der Waals surface area contributed by atoms with E-state index in [1.165, 1.54) is 18.9 Å². The molecular formula is C13H19N3O2S. The lowest BCUT2D eigenvalue weighted by Gasteiger charge is -2.28. The van der Waals surface area contributed by atoms with E-state index in [0.717, 1.165) is 18.1 Å². The van der Waals surface area contributed by atoms with E-state index in [1.54, 1.807) is 6.92 Å². The van der Waals surface area contributed by atoms with Crippen molar-refractivity contribution in [3.63, 3.8) is 0 Å². The number of rotatable bonds is 4. The minimum Gasteiger partial charge on any atom is -0.477 e. The molecule has 0 aliphatic heterocycles. The number of aromatic nitrogens is 2. The summed E-state index contributed by atoms with van der Waals surface area (Å²) in [6, 6.07) is 1.84. The first-order valence-corrected chi connectivity index (χ1v) is 7.75. The van der Waals surface area contributed by atoms with E-state index < -0.39 is 5.97 Å². The van der Waals surface area contributed by atoms with Crippen LogP contribution in [0.25, 0.3) is 0 Å². The molecule has 19 heavy (non-hydrogen) atoms. The number of thioether (sulfide) groups is 1. The fraction of sp³-hybridized carbons (Fsp3) is 0.615. The van der Waals surface area contributed by atoms with Gasteiger partial charge >= 0.3 is 5.97 Å². The molecule has 0 aromatic carbocycles. The molecule has 1 saturated carbocycles. The number of nitrogens with zero attached hydrogens (tertiary/aromatic N) is 2. The van der Waals surface area contributed by atoms with Gasteiger partial charge in [-0.2, -0.15) is 11.8 Å². The predicted octanol–water partition coefficient (Wildman–Crippen LogP) is 2.57. The smallest absolute Gasteiger partial charge is 0.354 e. The van der Waals surface area contributed by atoms with Crippen molar-refractivity contribution in [3.8, 4) is 0 Å². The van der Waals surface area contributed by atoms with E-state index in [2.05, 4.69) is 21.5 Å². The summed E-state index contributed by atoms with van der Waals surface area (Å²) in [6.45, 7) is 1.78. The molecule has 0 radical (unpaired) electrons. The zero-order valence-electron chi connectivity index (χ0n) is 11.2. The van der Waals surface area contributed by atoms with Gasteiger partial charge in [0.05, 0.1) is 0 Å². The van der Waals surface area contributed by atoms with Crippen LogP contribution in [0.4, 0.5) is 5.95 Å². The maximum absolute atomic E-state index is 11.0. The molecular weight excluding hydrogens is 262 g/mol. The second kappa shape index (κ2) is 6.23. The number of nitrogens with one attached hydrogen (secondary N) is 1. The summed E-state index contributed by atoms with van der Waals surface area (Å²) in [7, 11) is 0. The van der Waals surface area contributed by atoms with Gasteiger partial charge in [0.1, 0.15) is 0 Å². The average Bonchev–Trinajstić information content (AvgIpc) is 2.39. The van der Waals surface area contributed by atoms with E-state index in [-0.39, 0.29) is 5.69 Å². The van der Waals surface area contributed by atoms with E-state index in [4.69, 9.17) is 5.11 Å². The van der Waals surface area contributed by atoms with Crippen molar-refractivity contribution in [2.75, 3.05) is 11.6 Å². The van der Waals surface area contributed by atoms with Crippen molar-refractivity contribution in [2.24, 2.45) is 0 Å². The Morgan fingerprint density at radius 2 is 2.05 bits per heavy atom. The lowest BCUT2D eigenvalue weighted by atomic mass is 9.95. The number of carboxylic acids is 1. The Morgan fingerprint density at radius 1 is 1.37 bits per heavy atom. The van der Waals surface area contributed by atoms with Crippen LogP contribution in [0.15, 0.2) is 6.07 Å². The molecule has 0 amide bonds. The summed E-state index contributed by atoms with van der Waals surface area (Å²) >= 11 is 1.93. The molecule has 0 spiro atoms. The van der Waals surface area contributed by atoms with E-state index in [9.17, 15) is 4.79 Å². The molecule has 0 saturated heterocycles. The van der Waals surface area contributed by atoms with Crippen molar-refractivity contribution in [3.05, 3.63) is 17.5 Å². The summed E-state index contributed by atoms with van der Waals surface area (Å²) in [5.74, 6) is -0.579. The Hall–Kier alpha value is -1.30. The van der Waals surface area contributed by atoms with Gasteiger partial charge in [-0.05, 0) is 44.9 Å². The Labute approximate surface area is 117 Å². The second-order valence-corrected chi connectivity index (χ2v) is 6.02. The molecule has 0 atom stereocenters. The molecule has 5 nitrogen and oxygen atoms in total. The van der Waals surface area contributed by atoms with Crippen LogP contribution in [0, 0.1) is 6.92 Å². The van der Waals surface area contributed by atoms with Gasteiger partial charge < -0.3 is 10.4 Å². The fourth-order valence-electron chi connectivity index (χ4n) is 2.37. The van der Waals surface area contributed by atoms with Crippen molar-refractivity contribution in [1.82, 2.24) is 9.97 Å². The van der Waals surface area contributed by atoms with Crippen LogP contribution in [0.2, 0.25) is 0 Å². The zero-order chi connectivity index (χ0) is 13.8. The minimum absolute atomic E-state index is 0.0489. The largest absolute Gasteiger partial charge is 0.477 e. The number of carbonyl (C=O) groups is 1. The standard InChI is InChI=1S/C13H19N3O2S/c1-8-7-11(12(17)18)16-13(14-8)15-9-3-5-10(19-2)6-4-9/h7,9-10H,3-6H2,1-2H3,(H,17,18)(H,14,15,16). The summed E-state index contributed by atoms with van der Waals surface area (Å²) in [4.78, 5) is 19.3. The maximum atomic E-state index is 11.0. The molecule has 1 fully saturated rings. The van der Waals surface area contributed by atoms with Gasteiger partial charge in [0.2, 0.25) is 5.95 Å². The van der Waals surface area contributed by atoms with Crippen LogP contribution in [0.1, 0.15) is 41.9 Å². The highest BCUT2D eigenvalue weighted by Crippen LogP contribution is 2.28. The summed E-state index contributed by atoms with van der Waals surface area (Å²) in [6.07, 6.45) is 6.71. The molecule has 1 heterocycles. The summed E-state index contributed by atoms with van der Waals surface area (Å²) < 4.78 is 0. The van der Waals surface area contributed by atoms with Crippen molar-refractivity contribution >= 4 is 23.7 Å². The third-order valence-corrected chi connectivity index (χ3v) is 4.55. The van der Waals surface area contributed by atoms with Gasteiger partial charge in [-0.3, -0.25) is 0 Å². The highest BCUT2D eigenvalue weighted by molar-refractivity contribution is 7.99. The Morgan fingerprint density at radius 3 is 2.63 bits per heavy atom. The zero-order valence-corrected chi connectivity index (χ0v) is 12.0.